The lowest BCUT2D eigenvalue weighted by Crippen LogP contribution is -2.53. The topological polar surface area (TPSA) is 40.6 Å². The third-order valence-corrected chi connectivity index (χ3v) is 3.31. The second kappa shape index (κ2) is 5.39. The number of rotatable bonds is 4. The van der Waals surface area contributed by atoms with Gasteiger partial charge in [0, 0.05) is 13.6 Å². The highest BCUT2D eigenvalue weighted by atomic mass is 32.1. The van der Waals surface area contributed by atoms with Crippen LogP contribution in [0.25, 0.3) is 0 Å². The SMILES string of the molecule is CCC(CS)CN1CC(=O)N(C)CC1=O. The molecule has 15 heavy (non-hydrogen) atoms. The molecule has 0 saturated carbocycles. The maximum atomic E-state index is 11.6. The molecule has 0 bridgehead atoms. The maximum absolute atomic E-state index is 11.6. The predicted molar refractivity (Wildman–Crippen MR) is 61.9 cm³/mol. The van der Waals surface area contributed by atoms with Gasteiger partial charge in [0.15, 0.2) is 0 Å². The molecule has 0 aromatic rings. The summed E-state index contributed by atoms with van der Waals surface area (Å²) in [7, 11) is 1.66. The van der Waals surface area contributed by atoms with Crippen LogP contribution in [0.5, 0.6) is 0 Å². The van der Waals surface area contributed by atoms with Gasteiger partial charge in [-0.15, -0.1) is 0 Å². The van der Waals surface area contributed by atoms with Gasteiger partial charge in [0.05, 0.1) is 13.1 Å². The molecule has 0 aliphatic carbocycles. The number of nitrogens with zero attached hydrogens (tertiary/aromatic N) is 2. The molecule has 1 rings (SSSR count). The number of piperazine rings is 1. The van der Waals surface area contributed by atoms with Crippen molar-refractivity contribution in [1.82, 2.24) is 9.80 Å². The third-order valence-electron chi connectivity index (χ3n) is 2.79. The fourth-order valence-electron chi connectivity index (χ4n) is 1.56. The van der Waals surface area contributed by atoms with E-state index in [2.05, 4.69) is 19.6 Å². The Morgan fingerprint density at radius 1 is 1.33 bits per heavy atom. The number of likely N-dealkylation sites (N-methyl/N-ethyl adjacent to an activating group) is 1. The summed E-state index contributed by atoms with van der Waals surface area (Å²) < 4.78 is 0. The average Bonchev–Trinajstić information content (AvgIpc) is 2.21. The summed E-state index contributed by atoms with van der Waals surface area (Å²) in [4.78, 5) is 26.2. The first kappa shape index (κ1) is 12.4. The number of carbonyl (C=O) groups is 2. The summed E-state index contributed by atoms with van der Waals surface area (Å²) in [6.07, 6.45) is 0.983. The van der Waals surface area contributed by atoms with Gasteiger partial charge in [0.2, 0.25) is 11.8 Å². The van der Waals surface area contributed by atoms with Crippen LogP contribution in [-0.4, -0.2) is 54.0 Å². The molecule has 1 aliphatic rings. The standard InChI is InChI=1S/C10H18N2O2S/c1-3-8(7-15)4-12-6-9(13)11(2)5-10(12)14/h8,15H,3-7H2,1-2H3. The molecule has 5 heteroatoms. The van der Waals surface area contributed by atoms with E-state index in [1.54, 1.807) is 11.9 Å². The Hall–Kier alpha value is -0.710. The summed E-state index contributed by atoms with van der Waals surface area (Å²) in [5.41, 5.74) is 0. The molecule has 4 nitrogen and oxygen atoms in total. The maximum Gasteiger partial charge on any atom is 0.242 e. The van der Waals surface area contributed by atoms with Crippen molar-refractivity contribution in [1.29, 1.82) is 0 Å². The summed E-state index contributed by atoms with van der Waals surface area (Å²) in [6.45, 7) is 3.16. The lowest BCUT2D eigenvalue weighted by Gasteiger charge is -2.33. The van der Waals surface area contributed by atoms with Crippen molar-refractivity contribution < 1.29 is 9.59 Å². The fourth-order valence-corrected chi connectivity index (χ4v) is 1.93. The molecule has 0 aromatic carbocycles. The molecule has 1 unspecified atom stereocenters. The quantitative estimate of drug-likeness (QED) is 0.703. The van der Waals surface area contributed by atoms with E-state index in [0.29, 0.717) is 12.5 Å². The van der Waals surface area contributed by atoms with Crippen molar-refractivity contribution in [2.75, 3.05) is 32.4 Å². The molecule has 1 fully saturated rings. The zero-order valence-electron chi connectivity index (χ0n) is 9.27. The highest BCUT2D eigenvalue weighted by Gasteiger charge is 2.28. The molecular weight excluding hydrogens is 212 g/mol. The number of carbonyl (C=O) groups excluding carboxylic acids is 2. The van der Waals surface area contributed by atoms with Crippen LogP contribution in [0, 0.1) is 5.92 Å². The summed E-state index contributed by atoms with van der Waals surface area (Å²) in [6, 6.07) is 0. The van der Waals surface area contributed by atoms with Crippen LogP contribution >= 0.6 is 12.6 Å². The second-order valence-electron chi connectivity index (χ2n) is 3.98. The average molecular weight is 230 g/mol. The van der Waals surface area contributed by atoms with Gasteiger partial charge in [-0.25, -0.2) is 0 Å². The third kappa shape index (κ3) is 3.12. The minimum Gasteiger partial charge on any atom is -0.335 e. The summed E-state index contributed by atoms with van der Waals surface area (Å²) >= 11 is 4.23. The highest BCUT2D eigenvalue weighted by Crippen LogP contribution is 2.10. The minimum absolute atomic E-state index is 0.0172. The van der Waals surface area contributed by atoms with Crippen LogP contribution in [-0.2, 0) is 9.59 Å². The Morgan fingerprint density at radius 3 is 2.53 bits per heavy atom. The summed E-state index contributed by atoms with van der Waals surface area (Å²) in [5.74, 6) is 1.19. The Labute approximate surface area is 96.0 Å². The predicted octanol–water partition coefficient (Wildman–Crippen LogP) is 0.243. The van der Waals surface area contributed by atoms with Crippen LogP contribution in [0.2, 0.25) is 0 Å². The van der Waals surface area contributed by atoms with E-state index in [1.807, 2.05) is 0 Å². The molecule has 0 aromatic heterocycles. The van der Waals surface area contributed by atoms with E-state index < -0.39 is 0 Å². The largest absolute Gasteiger partial charge is 0.335 e. The molecule has 86 valence electrons. The van der Waals surface area contributed by atoms with Crippen LogP contribution in [0.1, 0.15) is 13.3 Å². The first-order valence-electron chi connectivity index (χ1n) is 5.21. The van der Waals surface area contributed by atoms with Crippen molar-refractivity contribution in [3.63, 3.8) is 0 Å². The molecule has 2 amide bonds. The second-order valence-corrected chi connectivity index (χ2v) is 4.35. The van der Waals surface area contributed by atoms with E-state index in [-0.39, 0.29) is 24.9 Å². The normalized spacial score (nSPS) is 19.7. The first-order chi connectivity index (χ1) is 7.08. The van der Waals surface area contributed by atoms with E-state index in [0.717, 1.165) is 12.2 Å². The van der Waals surface area contributed by atoms with Crippen LogP contribution in [0.3, 0.4) is 0 Å². The van der Waals surface area contributed by atoms with Crippen molar-refractivity contribution in [2.24, 2.45) is 5.92 Å². The van der Waals surface area contributed by atoms with Crippen LogP contribution < -0.4 is 0 Å². The summed E-state index contributed by atoms with van der Waals surface area (Å²) in [5, 5.41) is 0. The molecule has 1 saturated heterocycles. The zero-order valence-corrected chi connectivity index (χ0v) is 10.2. The molecule has 0 N–H and O–H groups in total. The van der Waals surface area contributed by atoms with Crippen LogP contribution in [0.4, 0.5) is 0 Å². The lowest BCUT2D eigenvalue weighted by molar-refractivity contribution is -0.149. The van der Waals surface area contributed by atoms with Gasteiger partial charge < -0.3 is 9.80 Å². The van der Waals surface area contributed by atoms with Gasteiger partial charge in [-0.1, -0.05) is 13.3 Å². The van der Waals surface area contributed by atoms with Gasteiger partial charge >= 0.3 is 0 Å². The van der Waals surface area contributed by atoms with Crippen LogP contribution in [0.15, 0.2) is 0 Å². The van der Waals surface area contributed by atoms with E-state index in [9.17, 15) is 9.59 Å². The minimum atomic E-state index is 0.0172. The van der Waals surface area contributed by atoms with Gasteiger partial charge in [0.1, 0.15) is 0 Å². The van der Waals surface area contributed by atoms with Gasteiger partial charge in [0.25, 0.3) is 0 Å². The fraction of sp³-hybridized carbons (Fsp3) is 0.800. The van der Waals surface area contributed by atoms with E-state index in [4.69, 9.17) is 0 Å². The van der Waals surface area contributed by atoms with E-state index >= 15 is 0 Å². The monoisotopic (exact) mass is 230 g/mol. The number of hydrogen-bond donors (Lipinski definition) is 1. The molecule has 1 atom stereocenters. The molecular formula is C10H18N2O2S. The van der Waals surface area contributed by atoms with Crippen molar-refractivity contribution in [2.45, 2.75) is 13.3 Å². The van der Waals surface area contributed by atoms with Crippen molar-refractivity contribution in [3.8, 4) is 0 Å². The Bertz CT molecular complexity index is 254. The zero-order chi connectivity index (χ0) is 11.4. The van der Waals surface area contributed by atoms with E-state index in [1.165, 1.54) is 4.90 Å². The van der Waals surface area contributed by atoms with Crippen molar-refractivity contribution >= 4 is 24.4 Å². The number of thiol groups is 1. The Balaban J connectivity index is 2.54. The highest BCUT2D eigenvalue weighted by molar-refractivity contribution is 7.80. The number of hydrogen-bond acceptors (Lipinski definition) is 3. The smallest absolute Gasteiger partial charge is 0.242 e. The van der Waals surface area contributed by atoms with Gasteiger partial charge in [-0.2, -0.15) is 12.6 Å². The Kier molecular flexibility index (Phi) is 4.45. The molecule has 1 aliphatic heterocycles. The van der Waals surface area contributed by atoms with Gasteiger partial charge in [-0.05, 0) is 11.7 Å². The lowest BCUT2D eigenvalue weighted by atomic mass is 10.1. The van der Waals surface area contributed by atoms with Crippen molar-refractivity contribution in [3.05, 3.63) is 0 Å². The molecule has 0 radical (unpaired) electrons. The number of amides is 2. The first-order valence-corrected chi connectivity index (χ1v) is 5.84. The van der Waals surface area contributed by atoms with Gasteiger partial charge in [-0.3, -0.25) is 9.59 Å². The Morgan fingerprint density at radius 2 is 2.00 bits per heavy atom. The molecule has 0 spiro atoms. The molecule has 1 heterocycles.